The second-order valence-corrected chi connectivity index (χ2v) is 9.53. The van der Waals surface area contributed by atoms with E-state index < -0.39 is 0 Å². The van der Waals surface area contributed by atoms with Gasteiger partial charge < -0.3 is 15.2 Å². The summed E-state index contributed by atoms with van der Waals surface area (Å²) in [7, 11) is 1.94. The molecule has 4 rings (SSSR count). The lowest BCUT2D eigenvalue weighted by Gasteiger charge is -2.31. The number of aryl methyl sites for hydroxylation is 2. The number of carbonyl (C=O) groups is 1. The van der Waals surface area contributed by atoms with Crippen molar-refractivity contribution in [3.63, 3.8) is 0 Å². The summed E-state index contributed by atoms with van der Waals surface area (Å²) in [4.78, 5) is 24.0. The number of thiophene rings is 1. The Labute approximate surface area is 176 Å². The SMILES string of the molecule is Cc1cc(-c2[nH]c3cc(C(=O)N(C)C4CCCNC4)sc3c2C(C)C)cc(C)n1. The number of rotatable bonds is 4. The molecule has 154 valence electrons. The molecule has 0 saturated carbocycles. The normalized spacial score (nSPS) is 17.2. The van der Waals surface area contributed by atoms with Gasteiger partial charge in [0, 0.05) is 36.6 Å². The summed E-state index contributed by atoms with van der Waals surface area (Å²) in [5.41, 5.74) is 6.70. The maximum atomic E-state index is 13.1. The number of aromatic nitrogens is 2. The van der Waals surface area contributed by atoms with Gasteiger partial charge in [-0.15, -0.1) is 11.3 Å². The fourth-order valence-electron chi connectivity index (χ4n) is 4.37. The molecule has 1 aliphatic heterocycles. The first-order valence-corrected chi connectivity index (χ1v) is 11.3. The lowest BCUT2D eigenvalue weighted by atomic mass is 9.99. The molecule has 1 fully saturated rings. The molecule has 1 unspecified atom stereocenters. The van der Waals surface area contributed by atoms with Crippen molar-refractivity contribution in [2.45, 2.75) is 52.5 Å². The van der Waals surface area contributed by atoms with Crippen molar-refractivity contribution >= 4 is 27.5 Å². The molecule has 0 aliphatic carbocycles. The predicted octanol–water partition coefficient (Wildman–Crippen LogP) is 4.86. The first kappa shape index (κ1) is 20.1. The molecule has 1 atom stereocenters. The maximum Gasteiger partial charge on any atom is 0.264 e. The zero-order valence-corrected chi connectivity index (χ0v) is 18.7. The van der Waals surface area contributed by atoms with Crippen molar-refractivity contribution in [3.8, 4) is 11.3 Å². The number of fused-ring (bicyclic) bond motifs is 1. The van der Waals surface area contributed by atoms with Crippen LogP contribution >= 0.6 is 11.3 Å². The van der Waals surface area contributed by atoms with Gasteiger partial charge in [-0.05, 0) is 62.9 Å². The molecule has 0 bridgehead atoms. The Morgan fingerprint density at radius 1 is 1.24 bits per heavy atom. The van der Waals surface area contributed by atoms with E-state index in [1.807, 2.05) is 31.9 Å². The van der Waals surface area contributed by atoms with Crippen LogP contribution < -0.4 is 5.32 Å². The van der Waals surface area contributed by atoms with Gasteiger partial charge in [0.05, 0.1) is 20.8 Å². The fourth-order valence-corrected chi connectivity index (χ4v) is 5.66. The number of pyridine rings is 1. The first-order valence-electron chi connectivity index (χ1n) is 10.4. The largest absolute Gasteiger partial charge is 0.354 e. The highest BCUT2D eigenvalue weighted by molar-refractivity contribution is 7.21. The molecular formula is C23H30N4OS. The Morgan fingerprint density at radius 3 is 2.59 bits per heavy atom. The number of piperidine rings is 1. The lowest BCUT2D eigenvalue weighted by Crippen LogP contribution is -2.46. The van der Waals surface area contributed by atoms with E-state index in [-0.39, 0.29) is 11.9 Å². The summed E-state index contributed by atoms with van der Waals surface area (Å²) in [5, 5.41) is 3.40. The third-order valence-electron chi connectivity index (χ3n) is 5.80. The van der Waals surface area contributed by atoms with Crippen LogP contribution in [0.25, 0.3) is 21.5 Å². The summed E-state index contributed by atoms with van der Waals surface area (Å²) in [6, 6.07) is 6.57. The van der Waals surface area contributed by atoms with Crippen LogP contribution in [0.5, 0.6) is 0 Å². The Hall–Kier alpha value is -2.18. The highest BCUT2D eigenvalue weighted by Crippen LogP contribution is 2.40. The Bertz CT molecular complexity index is 1020. The number of amides is 1. The van der Waals surface area contributed by atoms with Gasteiger partial charge in [0.2, 0.25) is 0 Å². The lowest BCUT2D eigenvalue weighted by molar-refractivity contribution is 0.0713. The van der Waals surface area contributed by atoms with Crippen LogP contribution in [0.1, 0.15) is 59.2 Å². The average molecular weight is 411 g/mol. The molecule has 29 heavy (non-hydrogen) atoms. The zero-order chi connectivity index (χ0) is 20.7. The van der Waals surface area contributed by atoms with Crippen LogP contribution in [0.2, 0.25) is 0 Å². The molecule has 1 aliphatic rings. The van der Waals surface area contributed by atoms with Crippen LogP contribution in [0.15, 0.2) is 18.2 Å². The van der Waals surface area contributed by atoms with E-state index >= 15 is 0 Å². The number of nitrogens with zero attached hydrogens (tertiary/aromatic N) is 2. The van der Waals surface area contributed by atoms with Gasteiger partial charge in [0.1, 0.15) is 0 Å². The highest BCUT2D eigenvalue weighted by atomic mass is 32.1. The predicted molar refractivity (Wildman–Crippen MR) is 121 cm³/mol. The Kier molecular flexibility index (Phi) is 5.49. The van der Waals surface area contributed by atoms with Crippen LogP contribution in [0, 0.1) is 13.8 Å². The summed E-state index contributed by atoms with van der Waals surface area (Å²) in [5.74, 6) is 0.481. The molecule has 5 nitrogen and oxygen atoms in total. The number of hydrogen-bond donors (Lipinski definition) is 2. The van der Waals surface area contributed by atoms with Crippen molar-refractivity contribution in [1.82, 2.24) is 20.2 Å². The number of carbonyl (C=O) groups excluding carboxylic acids is 1. The number of nitrogens with one attached hydrogen (secondary N) is 2. The van der Waals surface area contributed by atoms with Crippen LogP contribution in [-0.2, 0) is 0 Å². The molecule has 0 spiro atoms. The van der Waals surface area contributed by atoms with Crippen molar-refractivity contribution in [1.29, 1.82) is 0 Å². The van der Waals surface area contributed by atoms with Crippen molar-refractivity contribution < 1.29 is 4.79 Å². The number of H-pyrrole nitrogens is 1. The molecule has 1 saturated heterocycles. The molecule has 4 heterocycles. The van der Waals surface area contributed by atoms with Crippen molar-refractivity contribution in [2.24, 2.45) is 0 Å². The molecule has 0 aromatic carbocycles. The summed E-state index contributed by atoms with van der Waals surface area (Å²) < 4.78 is 1.20. The van der Waals surface area contributed by atoms with Crippen molar-refractivity contribution in [3.05, 3.63) is 40.0 Å². The highest BCUT2D eigenvalue weighted by Gasteiger charge is 2.26. The van der Waals surface area contributed by atoms with Crippen LogP contribution in [0.4, 0.5) is 0 Å². The molecule has 3 aromatic rings. The number of hydrogen-bond acceptors (Lipinski definition) is 4. The maximum absolute atomic E-state index is 13.1. The second-order valence-electron chi connectivity index (χ2n) is 8.48. The average Bonchev–Trinajstić information content (AvgIpc) is 3.24. The molecule has 0 radical (unpaired) electrons. The molecular weight excluding hydrogens is 380 g/mol. The Balaban J connectivity index is 1.72. The van der Waals surface area contributed by atoms with Crippen LogP contribution in [-0.4, -0.2) is 47.0 Å². The van der Waals surface area contributed by atoms with E-state index in [4.69, 9.17) is 0 Å². The van der Waals surface area contributed by atoms with Gasteiger partial charge in [0.25, 0.3) is 5.91 Å². The van der Waals surface area contributed by atoms with E-state index in [1.54, 1.807) is 11.3 Å². The van der Waals surface area contributed by atoms with E-state index in [0.29, 0.717) is 5.92 Å². The van der Waals surface area contributed by atoms with Crippen LogP contribution in [0.3, 0.4) is 0 Å². The monoisotopic (exact) mass is 410 g/mol. The molecule has 3 aromatic heterocycles. The van der Waals surface area contributed by atoms with E-state index in [0.717, 1.165) is 53.4 Å². The minimum Gasteiger partial charge on any atom is -0.354 e. The Morgan fingerprint density at radius 2 is 1.97 bits per heavy atom. The van der Waals surface area contributed by atoms with Gasteiger partial charge in [-0.1, -0.05) is 13.8 Å². The minimum atomic E-state index is 0.125. The van der Waals surface area contributed by atoms with E-state index in [2.05, 4.69) is 41.3 Å². The van der Waals surface area contributed by atoms with Gasteiger partial charge in [0.15, 0.2) is 0 Å². The quantitative estimate of drug-likeness (QED) is 0.646. The summed E-state index contributed by atoms with van der Waals surface area (Å²) in [6.45, 7) is 10.4. The number of likely N-dealkylation sites (N-methyl/N-ethyl adjacent to an activating group) is 1. The van der Waals surface area contributed by atoms with Gasteiger partial charge >= 0.3 is 0 Å². The minimum absolute atomic E-state index is 0.125. The van der Waals surface area contributed by atoms with Gasteiger partial charge in [-0.3, -0.25) is 9.78 Å². The molecule has 6 heteroatoms. The van der Waals surface area contributed by atoms with E-state index in [9.17, 15) is 4.79 Å². The second kappa shape index (κ2) is 7.92. The standard InChI is InChI=1S/C23H30N4OS/c1-13(2)20-21(16-9-14(3)25-15(4)10-16)26-18-11-19(29-22(18)20)23(28)27(5)17-7-6-8-24-12-17/h9-11,13,17,24,26H,6-8,12H2,1-5H3. The van der Waals surface area contributed by atoms with E-state index in [1.165, 1.54) is 15.8 Å². The molecule has 1 amide bonds. The smallest absolute Gasteiger partial charge is 0.264 e. The third kappa shape index (κ3) is 3.83. The van der Waals surface area contributed by atoms with Gasteiger partial charge in [-0.2, -0.15) is 0 Å². The fraction of sp³-hybridized carbons (Fsp3) is 0.478. The van der Waals surface area contributed by atoms with Crippen molar-refractivity contribution in [2.75, 3.05) is 20.1 Å². The zero-order valence-electron chi connectivity index (χ0n) is 17.9. The molecule has 2 N–H and O–H groups in total. The van der Waals surface area contributed by atoms with Gasteiger partial charge in [-0.25, -0.2) is 0 Å². The summed E-state index contributed by atoms with van der Waals surface area (Å²) in [6.07, 6.45) is 2.19. The first-order chi connectivity index (χ1) is 13.8. The third-order valence-corrected chi connectivity index (χ3v) is 6.96. The number of aromatic amines is 1. The summed E-state index contributed by atoms with van der Waals surface area (Å²) >= 11 is 1.62. The topological polar surface area (TPSA) is 61.0 Å².